The van der Waals surface area contributed by atoms with Gasteiger partial charge in [0.05, 0.1) is 24.0 Å². The molecule has 1 aliphatic rings. The van der Waals surface area contributed by atoms with Crippen molar-refractivity contribution in [3.8, 4) is 17.1 Å². The standard InChI is InChI=1S/C19H22ClN5O/c1-26-14-6-4-13(5-7-14)18-24-17-16(15(20)11-23-19(17)25-18)22-10-12-3-2-8-21-9-12/h4-7,11-12,21H,2-3,8-10H2,1H3,(H2,22,23,24,25). The zero-order valence-electron chi connectivity index (χ0n) is 14.7. The number of halogens is 1. The van der Waals surface area contributed by atoms with Gasteiger partial charge in [0.15, 0.2) is 5.65 Å². The monoisotopic (exact) mass is 371 g/mol. The van der Waals surface area contributed by atoms with Gasteiger partial charge in [-0.05, 0) is 56.1 Å². The molecular weight excluding hydrogens is 350 g/mol. The molecule has 26 heavy (non-hydrogen) atoms. The number of hydrogen-bond acceptors (Lipinski definition) is 5. The highest BCUT2D eigenvalue weighted by molar-refractivity contribution is 6.34. The average molecular weight is 372 g/mol. The van der Waals surface area contributed by atoms with E-state index in [9.17, 15) is 0 Å². The van der Waals surface area contributed by atoms with Gasteiger partial charge in [-0.3, -0.25) is 0 Å². The average Bonchev–Trinajstić information content (AvgIpc) is 3.12. The van der Waals surface area contributed by atoms with Gasteiger partial charge in [-0.1, -0.05) is 11.6 Å². The minimum Gasteiger partial charge on any atom is -0.497 e. The Morgan fingerprint density at radius 1 is 1.31 bits per heavy atom. The van der Waals surface area contributed by atoms with E-state index in [-0.39, 0.29) is 0 Å². The molecular formula is C19H22ClN5O. The van der Waals surface area contributed by atoms with Gasteiger partial charge in [-0.2, -0.15) is 0 Å². The summed E-state index contributed by atoms with van der Waals surface area (Å²) in [5.41, 5.74) is 3.34. The molecule has 6 nitrogen and oxygen atoms in total. The van der Waals surface area contributed by atoms with Crippen LogP contribution in [-0.2, 0) is 0 Å². The Hall–Kier alpha value is -2.31. The van der Waals surface area contributed by atoms with Crippen molar-refractivity contribution < 1.29 is 4.74 Å². The minimum absolute atomic E-state index is 0.603. The quantitative estimate of drug-likeness (QED) is 0.637. The molecule has 2 aromatic heterocycles. The van der Waals surface area contributed by atoms with Crippen LogP contribution in [0, 0.1) is 5.92 Å². The van der Waals surface area contributed by atoms with Gasteiger partial charge in [0, 0.05) is 12.1 Å². The number of ether oxygens (including phenoxy) is 1. The lowest BCUT2D eigenvalue weighted by atomic mass is 10.00. The summed E-state index contributed by atoms with van der Waals surface area (Å²) in [5.74, 6) is 2.18. The second kappa shape index (κ2) is 7.51. The molecule has 7 heteroatoms. The van der Waals surface area contributed by atoms with Gasteiger partial charge in [-0.25, -0.2) is 9.97 Å². The predicted molar refractivity (Wildman–Crippen MR) is 105 cm³/mol. The van der Waals surface area contributed by atoms with Gasteiger partial charge in [0.1, 0.15) is 17.1 Å². The number of aromatic nitrogens is 3. The number of aromatic amines is 1. The maximum atomic E-state index is 6.41. The molecule has 0 spiro atoms. The lowest BCUT2D eigenvalue weighted by Crippen LogP contribution is -2.33. The molecule has 0 radical (unpaired) electrons. The number of fused-ring (bicyclic) bond motifs is 1. The van der Waals surface area contributed by atoms with Gasteiger partial charge in [0.2, 0.25) is 0 Å². The van der Waals surface area contributed by atoms with E-state index < -0.39 is 0 Å². The molecule has 1 unspecified atom stereocenters. The highest BCUT2D eigenvalue weighted by Crippen LogP contribution is 2.31. The molecule has 0 amide bonds. The van der Waals surface area contributed by atoms with Crippen LogP contribution in [-0.4, -0.2) is 41.7 Å². The number of imidazole rings is 1. The number of nitrogens with zero attached hydrogens (tertiary/aromatic N) is 2. The number of H-pyrrole nitrogens is 1. The molecule has 1 aliphatic heterocycles. The van der Waals surface area contributed by atoms with E-state index in [4.69, 9.17) is 16.3 Å². The maximum Gasteiger partial charge on any atom is 0.180 e. The van der Waals surface area contributed by atoms with Crippen molar-refractivity contribution in [2.45, 2.75) is 12.8 Å². The number of rotatable bonds is 5. The van der Waals surface area contributed by atoms with Gasteiger partial charge in [0.25, 0.3) is 0 Å². The number of piperidine rings is 1. The number of benzene rings is 1. The molecule has 0 bridgehead atoms. The number of nitrogens with one attached hydrogen (secondary N) is 3. The van der Waals surface area contributed by atoms with Crippen molar-refractivity contribution in [2.75, 3.05) is 32.1 Å². The van der Waals surface area contributed by atoms with E-state index >= 15 is 0 Å². The van der Waals surface area contributed by atoms with Crippen LogP contribution in [0.3, 0.4) is 0 Å². The van der Waals surface area contributed by atoms with E-state index in [0.717, 1.165) is 48.0 Å². The Morgan fingerprint density at radius 2 is 2.15 bits per heavy atom. The molecule has 3 heterocycles. The second-order valence-electron chi connectivity index (χ2n) is 6.59. The fraction of sp³-hybridized carbons (Fsp3) is 0.368. The van der Waals surface area contributed by atoms with Crippen LogP contribution in [0.15, 0.2) is 30.5 Å². The van der Waals surface area contributed by atoms with Crippen LogP contribution in [0.1, 0.15) is 12.8 Å². The highest BCUT2D eigenvalue weighted by Gasteiger charge is 2.16. The fourth-order valence-electron chi connectivity index (χ4n) is 3.34. The largest absolute Gasteiger partial charge is 0.497 e. The zero-order valence-corrected chi connectivity index (χ0v) is 15.4. The van der Waals surface area contributed by atoms with E-state index in [2.05, 4.69) is 25.6 Å². The molecule has 1 aromatic carbocycles. The van der Waals surface area contributed by atoms with Crippen molar-refractivity contribution in [1.29, 1.82) is 0 Å². The first-order valence-corrected chi connectivity index (χ1v) is 9.25. The Morgan fingerprint density at radius 3 is 2.88 bits per heavy atom. The van der Waals surface area contributed by atoms with Crippen molar-refractivity contribution in [2.24, 2.45) is 5.92 Å². The van der Waals surface area contributed by atoms with Gasteiger partial charge < -0.3 is 20.4 Å². The third-order valence-electron chi connectivity index (χ3n) is 4.80. The van der Waals surface area contributed by atoms with E-state index in [1.54, 1.807) is 13.3 Å². The van der Waals surface area contributed by atoms with E-state index in [0.29, 0.717) is 16.6 Å². The lowest BCUT2D eigenvalue weighted by Gasteiger charge is -2.23. The molecule has 136 valence electrons. The molecule has 1 fully saturated rings. The first-order valence-electron chi connectivity index (χ1n) is 8.88. The summed E-state index contributed by atoms with van der Waals surface area (Å²) in [6.45, 7) is 3.03. The van der Waals surface area contributed by atoms with Crippen LogP contribution in [0.2, 0.25) is 5.02 Å². The van der Waals surface area contributed by atoms with Crippen LogP contribution in [0.4, 0.5) is 5.69 Å². The number of methoxy groups -OCH3 is 1. The number of pyridine rings is 1. The fourth-order valence-corrected chi connectivity index (χ4v) is 3.55. The molecule has 3 N–H and O–H groups in total. The highest BCUT2D eigenvalue weighted by atomic mass is 35.5. The summed E-state index contributed by atoms with van der Waals surface area (Å²) in [6, 6.07) is 7.77. The van der Waals surface area contributed by atoms with Crippen molar-refractivity contribution >= 4 is 28.5 Å². The third-order valence-corrected chi connectivity index (χ3v) is 5.09. The third kappa shape index (κ3) is 3.48. The number of anilines is 1. The number of hydrogen-bond donors (Lipinski definition) is 3. The predicted octanol–water partition coefficient (Wildman–Crippen LogP) is 3.70. The summed E-state index contributed by atoms with van der Waals surface area (Å²) < 4.78 is 5.21. The topological polar surface area (TPSA) is 74.9 Å². The first kappa shape index (κ1) is 17.1. The summed E-state index contributed by atoms with van der Waals surface area (Å²) in [5, 5.41) is 7.55. The summed E-state index contributed by atoms with van der Waals surface area (Å²) in [7, 11) is 1.65. The Labute approximate surface area is 157 Å². The zero-order chi connectivity index (χ0) is 17.9. The van der Waals surface area contributed by atoms with Gasteiger partial charge in [-0.15, -0.1) is 0 Å². The summed E-state index contributed by atoms with van der Waals surface area (Å²) in [4.78, 5) is 12.4. The molecule has 4 rings (SSSR count). The van der Waals surface area contributed by atoms with Gasteiger partial charge >= 0.3 is 0 Å². The Kier molecular flexibility index (Phi) is 4.95. The molecule has 0 saturated carbocycles. The minimum atomic E-state index is 0.603. The van der Waals surface area contributed by atoms with Crippen LogP contribution >= 0.6 is 11.6 Å². The molecule has 0 aliphatic carbocycles. The van der Waals surface area contributed by atoms with E-state index in [1.807, 2.05) is 24.3 Å². The first-order chi connectivity index (χ1) is 12.7. The molecule has 1 saturated heterocycles. The van der Waals surface area contributed by atoms with Crippen LogP contribution in [0.25, 0.3) is 22.6 Å². The molecule has 3 aromatic rings. The summed E-state index contributed by atoms with van der Waals surface area (Å²) in [6.07, 6.45) is 4.10. The van der Waals surface area contributed by atoms with Crippen molar-refractivity contribution in [1.82, 2.24) is 20.3 Å². The SMILES string of the molecule is COc1ccc(-c2nc3ncc(Cl)c(NCC4CCCNC4)c3[nH]2)cc1. The smallest absolute Gasteiger partial charge is 0.180 e. The van der Waals surface area contributed by atoms with E-state index in [1.165, 1.54) is 12.8 Å². The Bertz CT molecular complexity index is 887. The molecule has 1 atom stereocenters. The normalized spacial score (nSPS) is 17.4. The van der Waals surface area contributed by atoms with Crippen LogP contribution < -0.4 is 15.4 Å². The van der Waals surface area contributed by atoms with Crippen molar-refractivity contribution in [3.05, 3.63) is 35.5 Å². The second-order valence-corrected chi connectivity index (χ2v) is 6.99. The van der Waals surface area contributed by atoms with Crippen molar-refractivity contribution in [3.63, 3.8) is 0 Å². The summed E-state index contributed by atoms with van der Waals surface area (Å²) >= 11 is 6.41. The van der Waals surface area contributed by atoms with Crippen LogP contribution in [0.5, 0.6) is 5.75 Å². The maximum absolute atomic E-state index is 6.41. The lowest BCUT2D eigenvalue weighted by molar-refractivity contribution is 0.393. The Balaban J connectivity index is 1.62.